The van der Waals surface area contributed by atoms with E-state index in [0.717, 1.165) is 44.3 Å². The molecule has 2 atom stereocenters. The Morgan fingerprint density at radius 1 is 1.13 bits per heavy atom. The molecule has 3 rings (SSSR count). The molecule has 158 valence electrons. The Bertz CT molecular complexity index is 850. The van der Waals surface area contributed by atoms with Gasteiger partial charge >= 0.3 is 0 Å². The number of nitrogens with one attached hydrogen (secondary N) is 1. The number of rotatable bonds is 11. The Hall–Kier alpha value is -2.85. The molecule has 4 heteroatoms. The van der Waals surface area contributed by atoms with Crippen molar-refractivity contribution >= 4 is 5.91 Å². The number of phenols is 1. The molecule has 2 aromatic rings. The van der Waals surface area contributed by atoms with E-state index in [1.807, 2.05) is 30.4 Å². The summed E-state index contributed by atoms with van der Waals surface area (Å²) in [6, 6.07) is 16.0. The number of nitrogens with zero attached hydrogens (tertiary/aromatic N) is 1. The number of hydrogen-bond donors (Lipinski definition) is 2. The molecule has 0 aliphatic heterocycles. The first-order valence-corrected chi connectivity index (χ1v) is 10.7. The quantitative estimate of drug-likeness (QED) is 0.540. The maximum Gasteiger partial charge on any atom is 0.220 e. The number of phenolic OH excluding ortho intramolecular Hbond substituents is 1. The lowest BCUT2D eigenvalue weighted by molar-refractivity contribution is -0.122. The number of hydrogen-bond acceptors (Lipinski definition) is 3. The maximum atomic E-state index is 12.7. The van der Waals surface area contributed by atoms with Gasteiger partial charge in [-0.25, -0.2) is 0 Å². The van der Waals surface area contributed by atoms with Crippen molar-refractivity contribution in [3.63, 3.8) is 0 Å². The number of carbonyl (C=O) groups excluding carboxylic acids is 1. The summed E-state index contributed by atoms with van der Waals surface area (Å²) in [5.41, 5.74) is 3.74. The van der Waals surface area contributed by atoms with Crippen LogP contribution in [0.1, 0.15) is 42.0 Å². The molecule has 0 saturated heterocycles. The average Bonchev–Trinajstić information content (AvgIpc) is 3.15. The molecule has 1 aliphatic rings. The Kier molecular flexibility index (Phi) is 7.86. The van der Waals surface area contributed by atoms with Gasteiger partial charge < -0.3 is 10.4 Å². The van der Waals surface area contributed by atoms with E-state index in [4.69, 9.17) is 0 Å². The van der Waals surface area contributed by atoms with Gasteiger partial charge in [-0.2, -0.15) is 0 Å². The highest BCUT2D eigenvalue weighted by molar-refractivity contribution is 5.76. The summed E-state index contributed by atoms with van der Waals surface area (Å²) in [6.07, 6.45) is 7.82. The first kappa shape index (κ1) is 21.8. The van der Waals surface area contributed by atoms with Crippen LogP contribution < -0.4 is 5.32 Å². The molecular weight excluding hydrogens is 372 g/mol. The molecule has 0 bridgehead atoms. The van der Waals surface area contributed by atoms with Gasteiger partial charge in [-0.3, -0.25) is 9.69 Å². The fraction of sp³-hybridized carbons (Fsp3) is 0.346. The van der Waals surface area contributed by atoms with Crippen LogP contribution in [0.5, 0.6) is 5.75 Å². The number of aromatic hydroxyl groups is 1. The highest BCUT2D eigenvalue weighted by Crippen LogP contribution is 2.30. The van der Waals surface area contributed by atoms with E-state index >= 15 is 0 Å². The van der Waals surface area contributed by atoms with Crippen LogP contribution >= 0.6 is 0 Å². The minimum absolute atomic E-state index is 0.101. The second kappa shape index (κ2) is 10.8. The average molecular weight is 405 g/mol. The molecule has 30 heavy (non-hydrogen) atoms. The number of carbonyl (C=O) groups is 1. The predicted molar refractivity (Wildman–Crippen MR) is 122 cm³/mol. The minimum Gasteiger partial charge on any atom is -0.508 e. The van der Waals surface area contributed by atoms with Gasteiger partial charge in [0.25, 0.3) is 0 Å². The van der Waals surface area contributed by atoms with Gasteiger partial charge in [0.05, 0.1) is 6.04 Å². The summed E-state index contributed by atoms with van der Waals surface area (Å²) >= 11 is 0. The molecule has 2 N–H and O–H groups in total. The molecule has 0 fully saturated rings. The summed E-state index contributed by atoms with van der Waals surface area (Å²) < 4.78 is 0. The molecule has 0 saturated carbocycles. The number of amides is 1. The van der Waals surface area contributed by atoms with Gasteiger partial charge in [0, 0.05) is 25.6 Å². The lowest BCUT2D eigenvalue weighted by Crippen LogP contribution is -2.38. The van der Waals surface area contributed by atoms with Crippen LogP contribution in [0.25, 0.3) is 0 Å². The molecule has 1 unspecified atom stereocenters. The van der Waals surface area contributed by atoms with Crippen LogP contribution in [-0.2, 0) is 17.6 Å². The van der Waals surface area contributed by atoms with E-state index in [1.165, 1.54) is 11.1 Å². The molecule has 0 spiro atoms. The SMILES string of the molecule is C=CCN(CC=C)[C@H](CCC(=O)NC1CCc2ccccc21)Cc1ccc(O)cc1. The van der Waals surface area contributed by atoms with Crippen molar-refractivity contribution in [2.24, 2.45) is 0 Å². The van der Waals surface area contributed by atoms with Crippen LogP contribution in [0.4, 0.5) is 0 Å². The maximum absolute atomic E-state index is 12.7. The lowest BCUT2D eigenvalue weighted by atomic mass is 9.99. The van der Waals surface area contributed by atoms with Crippen molar-refractivity contribution in [2.75, 3.05) is 13.1 Å². The second-order valence-electron chi connectivity index (χ2n) is 7.95. The van der Waals surface area contributed by atoms with E-state index < -0.39 is 0 Å². The van der Waals surface area contributed by atoms with Gasteiger partial charge in [0.1, 0.15) is 5.75 Å². The third kappa shape index (κ3) is 5.83. The lowest BCUT2D eigenvalue weighted by Gasteiger charge is -2.30. The molecule has 1 aliphatic carbocycles. The Balaban J connectivity index is 1.63. The van der Waals surface area contributed by atoms with Crippen molar-refractivity contribution in [3.05, 3.63) is 90.5 Å². The van der Waals surface area contributed by atoms with E-state index in [-0.39, 0.29) is 23.7 Å². The van der Waals surface area contributed by atoms with Gasteiger partial charge in [-0.1, -0.05) is 48.6 Å². The third-order valence-electron chi connectivity index (χ3n) is 5.82. The first-order valence-electron chi connectivity index (χ1n) is 10.7. The van der Waals surface area contributed by atoms with Crippen molar-refractivity contribution in [2.45, 2.75) is 44.2 Å². The minimum atomic E-state index is 0.101. The summed E-state index contributed by atoms with van der Waals surface area (Å²) in [5.74, 6) is 0.366. The first-order chi connectivity index (χ1) is 14.6. The Morgan fingerprint density at radius 3 is 2.53 bits per heavy atom. The summed E-state index contributed by atoms with van der Waals surface area (Å²) in [5, 5.41) is 12.8. The largest absolute Gasteiger partial charge is 0.508 e. The van der Waals surface area contributed by atoms with Crippen LogP contribution in [0.3, 0.4) is 0 Å². The fourth-order valence-corrected chi connectivity index (χ4v) is 4.29. The molecular formula is C26H32N2O2. The van der Waals surface area contributed by atoms with Crippen molar-refractivity contribution in [3.8, 4) is 5.75 Å². The van der Waals surface area contributed by atoms with Crippen LogP contribution in [0.15, 0.2) is 73.8 Å². The monoisotopic (exact) mass is 404 g/mol. The predicted octanol–water partition coefficient (Wildman–Crippen LogP) is 4.56. The zero-order valence-electron chi connectivity index (χ0n) is 17.6. The van der Waals surface area contributed by atoms with E-state index in [0.29, 0.717) is 6.42 Å². The van der Waals surface area contributed by atoms with Crippen molar-refractivity contribution in [1.82, 2.24) is 10.2 Å². The second-order valence-corrected chi connectivity index (χ2v) is 7.95. The van der Waals surface area contributed by atoms with Gasteiger partial charge in [-0.15, -0.1) is 13.2 Å². The molecule has 0 heterocycles. The van der Waals surface area contributed by atoms with E-state index in [1.54, 1.807) is 12.1 Å². The Morgan fingerprint density at radius 2 is 1.83 bits per heavy atom. The summed E-state index contributed by atoms with van der Waals surface area (Å²) in [4.78, 5) is 15.0. The van der Waals surface area contributed by atoms with Crippen LogP contribution in [-0.4, -0.2) is 35.0 Å². The highest BCUT2D eigenvalue weighted by Gasteiger charge is 2.24. The smallest absolute Gasteiger partial charge is 0.220 e. The standard InChI is InChI=1S/C26H32N2O2/c1-3-17-28(18-4-2)22(19-20-9-13-23(29)14-10-20)12-16-26(30)27-25-15-11-21-7-5-6-8-24(21)25/h3-10,13-14,22,25,29H,1-2,11-12,15-19H2,(H,27,30)/t22-,25?/m1/s1. The molecule has 4 nitrogen and oxygen atoms in total. The van der Waals surface area contributed by atoms with Crippen molar-refractivity contribution in [1.29, 1.82) is 0 Å². The van der Waals surface area contributed by atoms with Gasteiger partial charge in [0.2, 0.25) is 5.91 Å². The highest BCUT2D eigenvalue weighted by atomic mass is 16.3. The molecule has 0 radical (unpaired) electrons. The van der Waals surface area contributed by atoms with E-state index in [9.17, 15) is 9.90 Å². The fourth-order valence-electron chi connectivity index (χ4n) is 4.29. The summed E-state index contributed by atoms with van der Waals surface area (Å²) in [6.45, 7) is 9.25. The number of benzene rings is 2. The van der Waals surface area contributed by atoms with E-state index in [2.05, 4.69) is 41.6 Å². The molecule has 1 amide bonds. The Labute approximate surface area is 179 Å². The topological polar surface area (TPSA) is 52.6 Å². The zero-order valence-corrected chi connectivity index (χ0v) is 17.6. The number of aryl methyl sites for hydroxylation is 1. The van der Waals surface area contributed by atoms with Crippen LogP contribution in [0.2, 0.25) is 0 Å². The van der Waals surface area contributed by atoms with Gasteiger partial charge in [-0.05, 0) is 54.5 Å². The normalized spacial score (nSPS) is 16.1. The van der Waals surface area contributed by atoms with Crippen molar-refractivity contribution < 1.29 is 9.90 Å². The molecule has 2 aromatic carbocycles. The summed E-state index contributed by atoms with van der Waals surface area (Å²) in [7, 11) is 0. The van der Waals surface area contributed by atoms with Crippen LogP contribution in [0, 0.1) is 0 Å². The molecule has 0 aromatic heterocycles. The zero-order chi connectivity index (χ0) is 21.3. The number of fused-ring (bicyclic) bond motifs is 1. The van der Waals surface area contributed by atoms with Gasteiger partial charge in [0.15, 0.2) is 0 Å². The third-order valence-corrected chi connectivity index (χ3v) is 5.82.